The molecule has 0 bridgehead atoms. The Morgan fingerprint density at radius 3 is 2.24 bits per heavy atom. The molecular formula is C17H28FN3. The molecule has 0 aliphatic carbocycles. The molecule has 1 heterocycles. The van der Waals surface area contributed by atoms with Gasteiger partial charge in [0.05, 0.1) is 6.04 Å². The van der Waals surface area contributed by atoms with Crippen molar-refractivity contribution in [1.82, 2.24) is 9.80 Å². The number of nitrogens with zero attached hydrogens (tertiary/aromatic N) is 2. The molecule has 118 valence electrons. The summed E-state index contributed by atoms with van der Waals surface area (Å²) < 4.78 is 14.1. The molecule has 1 aromatic carbocycles. The number of hydrogen-bond donors (Lipinski definition) is 1. The first-order chi connectivity index (χ1) is 9.99. The third-order valence-electron chi connectivity index (χ3n) is 4.15. The van der Waals surface area contributed by atoms with Gasteiger partial charge in [0.25, 0.3) is 0 Å². The second-order valence-electron chi connectivity index (χ2n) is 6.56. The van der Waals surface area contributed by atoms with Crippen LogP contribution >= 0.6 is 0 Å². The van der Waals surface area contributed by atoms with E-state index in [1.54, 1.807) is 6.07 Å². The minimum absolute atomic E-state index is 0.0348. The average Bonchev–Trinajstić information content (AvgIpc) is 2.42. The molecule has 21 heavy (non-hydrogen) atoms. The van der Waals surface area contributed by atoms with Crippen molar-refractivity contribution in [2.75, 3.05) is 32.7 Å². The molecule has 1 aliphatic rings. The Bertz CT molecular complexity index is 439. The van der Waals surface area contributed by atoms with Crippen LogP contribution in [0.15, 0.2) is 24.3 Å². The highest BCUT2D eigenvalue weighted by Crippen LogP contribution is 2.27. The van der Waals surface area contributed by atoms with Crippen LogP contribution in [0, 0.1) is 11.7 Å². The number of benzene rings is 1. The fraction of sp³-hybridized carbons (Fsp3) is 0.647. The van der Waals surface area contributed by atoms with Gasteiger partial charge in [0.2, 0.25) is 0 Å². The maximum absolute atomic E-state index is 14.1. The van der Waals surface area contributed by atoms with Gasteiger partial charge in [0.15, 0.2) is 0 Å². The second-order valence-corrected chi connectivity index (χ2v) is 6.56. The minimum atomic E-state index is -0.149. The highest BCUT2D eigenvalue weighted by molar-refractivity contribution is 5.23. The van der Waals surface area contributed by atoms with E-state index in [-0.39, 0.29) is 17.9 Å². The van der Waals surface area contributed by atoms with Crippen LogP contribution in [0.2, 0.25) is 0 Å². The Morgan fingerprint density at radius 1 is 1.10 bits per heavy atom. The van der Waals surface area contributed by atoms with Gasteiger partial charge in [-0.1, -0.05) is 32.0 Å². The molecule has 2 atom stereocenters. The van der Waals surface area contributed by atoms with Gasteiger partial charge in [-0.05, 0) is 18.9 Å². The van der Waals surface area contributed by atoms with E-state index < -0.39 is 0 Å². The standard InChI is InChI=1S/C17H28FN3/c1-13(2)12-20-8-10-21(11-9-20)17(14(3)19)15-6-4-5-7-16(15)18/h4-7,13-14,17H,8-12,19H2,1-3H3. The Morgan fingerprint density at radius 2 is 1.71 bits per heavy atom. The van der Waals surface area contributed by atoms with Crippen LogP contribution < -0.4 is 5.73 Å². The molecule has 0 amide bonds. The van der Waals surface area contributed by atoms with Crippen LogP contribution in [-0.4, -0.2) is 48.6 Å². The molecule has 1 saturated heterocycles. The lowest BCUT2D eigenvalue weighted by Gasteiger charge is -2.41. The molecule has 4 heteroatoms. The molecule has 0 radical (unpaired) electrons. The molecule has 0 saturated carbocycles. The first-order valence-corrected chi connectivity index (χ1v) is 7.95. The van der Waals surface area contributed by atoms with Gasteiger partial charge in [0, 0.05) is 44.3 Å². The Balaban J connectivity index is 2.06. The van der Waals surface area contributed by atoms with E-state index in [2.05, 4.69) is 23.6 Å². The fourth-order valence-corrected chi connectivity index (χ4v) is 3.27. The van der Waals surface area contributed by atoms with Crippen molar-refractivity contribution in [2.45, 2.75) is 32.9 Å². The number of piperazine rings is 1. The van der Waals surface area contributed by atoms with E-state index in [1.165, 1.54) is 6.07 Å². The molecule has 3 nitrogen and oxygen atoms in total. The summed E-state index contributed by atoms with van der Waals surface area (Å²) in [5.41, 5.74) is 6.89. The first-order valence-electron chi connectivity index (χ1n) is 7.95. The van der Waals surface area contributed by atoms with Crippen molar-refractivity contribution in [3.05, 3.63) is 35.6 Å². The Kier molecular flexibility index (Phi) is 5.73. The summed E-state index contributed by atoms with van der Waals surface area (Å²) in [7, 11) is 0. The van der Waals surface area contributed by atoms with E-state index >= 15 is 0 Å². The largest absolute Gasteiger partial charge is 0.326 e. The van der Waals surface area contributed by atoms with Gasteiger partial charge in [-0.25, -0.2) is 4.39 Å². The number of rotatable bonds is 5. The first kappa shape index (κ1) is 16.4. The molecule has 1 aliphatic heterocycles. The summed E-state index contributed by atoms with van der Waals surface area (Å²) in [4.78, 5) is 4.82. The van der Waals surface area contributed by atoms with Gasteiger partial charge in [-0.15, -0.1) is 0 Å². The summed E-state index contributed by atoms with van der Waals surface area (Å²) in [6.45, 7) is 11.6. The molecular weight excluding hydrogens is 265 g/mol. The van der Waals surface area contributed by atoms with E-state index in [0.29, 0.717) is 5.92 Å². The van der Waals surface area contributed by atoms with Crippen LogP contribution in [0.1, 0.15) is 32.4 Å². The average molecular weight is 293 g/mol. The zero-order valence-electron chi connectivity index (χ0n) is 13.4. The van der Waals surface area contributed by atoms with Crippen molar-refractivity contribution in [1.29, 1.82) is 0 Å². The molecule has 2 rings (SSSR count). The van der Waals surface area contributed by atoms with E-state index in [0.717, 1.165) is 38.3 Å². The predicted octanol–water partition coefficient (Wildman–Crippen LogP) is 2.49. The van der Waals surface area contributed by atoms with E-state index in [4.69, 9.17) is 5.73 Å². The summed E-state index contributed by atoms with van der Waals surface area (Å²) in [6, 6.07) is 6.90. The SMILES string of the molecule is CC(C)CN1CCN(C(c2ccccc2F)C(C)N)CC1. The zero-order chi connectivity index (χ0) is 15.4. The lowest BCUT2D eigenvalue weighted by Crippen LogP contribution is -2.51. The van der Waals surface area contributed by atoms with Gasteiger partial charge < -0.3 is 10.6 Å². The lowest BCUT2D eigenvalue weighted by atomic mass is 9.97. The maximum atomic E-state index is 14.1. The normalized spacial score (nSPS) is 20.7. The third-order valence-corrected chi connectivity index (χ3v) is 4.15. The molecule has 1 fully saturated rings. The smallest absolute Gasteiger partial charge is 0.128 e. The van der Waals surface area contributed by atoms with Crippen molar-refractivity contribution in [3.63, 3.8) is 0 Å². The number of nitrogens with two attached hydrogens (primary N) is 1. The molecule has 1 aromatic rings. The maximum Gasteiger partial charge on any atom is 0.128 e. The van der Waals surface area contributed by atoms with Crippen molar-refractivity contribution in [2.24, 2.45) is 11.7 Å². The lowest BCUT2D eigenvalue weighted by molar-refractivity contribution is 0.0790. The summed E-state index contributed by atoms with van der Waals surface area (Å²) in [5, 5.41) is 0. The predicted molar refractivity (Wildman–Crippen MR) is 85.6 cm³/mol. The van der Waals surface area contributed by atoms with Crippen molar-refractivity contribution < 1.29 is 4.39 Å². The molecule has 0 aromatic heterocycles. The fourth-order valence-electron chi connectivity index (χ4n) is 3.27. The third kappa shape index (κ3) is 4.25. The topological polar surface area (TPSA) is 32.5 Å². The van der Waals surface area contributed by atoms with Crippen molar-refractivity contribution >= 4 is 0 Å². The number of halogens is 1. The van der Waals surface area contributed by atoms with E-state index in [9.17, 15) is 4.39 Å². The molecule has 2 N–H and O–H groups in total. The summed E-state index contributed by atoms with van der Waals surface area (Å²) in [5.74, 6) is 0.539. The van der Waals surface area contributed by atoms with Crippen molar-refractivity contribution in [3.8, 4) is 0 Å². The Hall–Kier alpha value is -0.970. The van der Waals surface area contributed by atoms with Gasteiger partial charge in [0.1, 0.15) is 5.82 Å². The second kappa shape index (κ2) is 7.34. The monoisotopic (exact) mass is 293 g/mol. The minimum Gasteiger partial charge on any atom is -0.326 e. The molecule has 2 unspecified atom stereocenters. The zero-order valence-corrected chi connectivity index (χ0v) is 13.4. The van der Waals surface area contributed by atoms with Crippen LogP contribution in [0.25, 0.3) is 0 Å². The van der Waals surface area contributed by atoms with Gasteiger partial charge in [-0.3, -0.25) is 4.90 Å². The molecule has 0 spiro atoms. The van der Waals surface area contributed by atoms with Crippen LogP contribution in [0.5, 0.6) is 0 Å². The Labute approximate surface area is 127 Å². The highest BCUT2D eigenvalue weighted by atomic mass is 19.1. The number of hydrogen-bond acceptors (Lipinski definition) is 3. The van der Waals surface area contributed by atoms with Crippen LogP contribution in [0.3, 0.4) is 0 Å². The van der Waals surface area contributed by atoms with Crippen LogP contribution in [-0.2, 0) is 0 Å². The highest BCUT2D eigenvalue weighted by Gasteiger charge is 2.29. The van der Waals surface area contributed by atoms with Gasteiger partial charge >= 0.3 is 0 Å². The van der Waals surface area contributed by atoms with Gasteiger partial charge in [-0.2, -0.15) is 0 Å². The summed E-state index contributed by atoms with van der Waals surface area (Å²) in [6.07, 6.45) is 0. The van der Waals surface area contributed by atoms with Crippen LogP contribution in [0.4, 0.5) is 4.39 Å². The quantitative estimate of drug-likeness (QED) is 0.905. The summed E-state index contributed by atoms with van der Waals surface area (Å²) >= 11 is 0. The van der Waals surface area contributed by atoms with E-state index in [1.807, 2.05) is 19.1 Å².